The van der Waals surface area contributed by atoms with Crippen LogP contribution in [0.5, 0.6) is 0 Å². The number of carbonyl (C=O) groups excluding carboxylic acids is 2. The summed E-state index contributed by atoms with van der Waals surface area (Å²) in [6.45, 7) is 3.05. The Labute approximate surface area is 190 Å². The Kier molecular flexibility index (Phi) is 6.95. The lowest BCUT2D eigenvalue weighted by atomic mass is 9.92. The number of alkyl halides is 3. The van der Waals surface area contributed by atoms with Gasteiger partial charge in [0.05, 0.1) is 0 Å². The molecule has 0 aliphatic rings. The zero-order valence-corrected chi connectivity index (χ0v) is 17.9. The largest absolute Gasteiger partial charge is 0.422 e. The Balaban J connectivity index is 1.94. The Morgan fingerprint density at radius 2 is 1.41 bits per heavy atom. The van der Waals surface area contributed by atoms with Gasteiger partial charge >= 0.3 is 6.18 Å². The molecule has 3 aromatic rings. The molecule has 0 aliphatic heterocycles. The molecule has 0 saturated carbocycles. The highest BCUT2D eigenvalue weighted by molar-refractivity contribution is 6.00. The molecule has 0 saturated heterocycles. The SMILES string of the molecule is CC(=O)c1ccccc1-c1ccc(C)c(CC(=O)Cc2c(F)c(F)c(C(F)(F)F)c(F)c2F)c1. The van der Waals surface area contributed by atoms with Crippen LogP contribution in [0.15, 0.2) is 42.5 Å². The molecule has 0 spiro atoms. The number of ketones is 2. The Morgan fingerprint density at radius 1 is 0.824 bits per heavy atom. The van der Waals surface area contributed by atoms with Crippen LogP contribution in [0.1, 0.15) is 39.5 Å². The Bertz CT molecular complexity index is 1260. The molecule has 0 aliphatic carbocycles. The summed E-state index contributed by atoms with van der Waals surface area (Å²) in [6, 6.07) is 11.7. The molecule has 0 heterocycles. The van der Waals surface area contributed by atoms with Crippen LogP contribution < -0.4 is 0 Å². The summed E-state index contributed by atoms with van der Waals surface area (Å²) < 4.78 is 94.2. The molecular formula is C25H17F7O2. The van der Waals surface area contributed by atoms with Gasteiger partial charge < -0.3 is 0 Å². The summed E-state index contributed by atoms with van der Waals surface area (Å²) in [5.74, 6) is -10.8. The van der Waals surface area contributed by atoms with Crippen molar-refractivity contribution in [1.82, 2.24) is 0 Å². The smallest absolute Gasteiger partial charge is 0.299 e. The van der Waals surface area contributed by atoms with E-state index in [4.69, 9.17) is 0 Å². The second kappa shape index (κ2) is 9.40. The van der Waals surface area contributed by atoms with E-state index in [2.05, 4.69) is 0 Å². The van der Waals surface area contributed by atoms with Crippen molar-refractivity contribution >= 4 is 11.6 Å². The van der Waals surface area contributed by atoms with E-state index in [9.17, 15) is 40.3 Å². The van der Waals surface area contributed by atoms with Crippen LogP contribution in [0.2, 0.25) is 0 Å². The molecule has 3 aromatic carbocycles. The molecule has 0 aromatic heterocycles. The zero-order chi connectivity index (χ0) is 25.4. The molecule has 0 amide bonds. The third kappa shape index (κ3) is 4.88. The number of halogens is 7. The van der Waals surface area contributed by atoms with Crippen LogP contribution in [0, 0.1) is 30.2 Å². The number of hydrogen-bond donors (Lipinski definition) is 0. The van der Waals surface area contributed by atoms with Gasteiger partial charge in [0.2, 0.25) is 0 Å². The first-order valence-corrected chi connectivity index (χ1v) is 9.96. The Morgan fingerprint density at radius 3 is 1.97 bits per heavy atom. The lowest BCUT2D eigenvalue weighted by molar-refractivity contribution is -0.143. The second-order valence-corrected chi connectivity index (χ2v) is 7.74. The Hall–Kier alpha value is -3.49. The topological polar surface area (TPSA) is 34.1 Å². The molecule has 0 unspecified atom stereocenters. The predicted octanol–water partition coefficient (Wildman–Crippen LogP) is 6.79. The molecule has 0 N–H and O–H groups in total. The van der Waals surface area contributed by atoms with Crippen molar-refractivity contribution < 1.29 is 40.3 Å². The second-order valence-electron chi connectivity index (χ2n) is 7.74. The van der Waals surface area contributed by atoms with Gasteiger partial charge in [-0.3, -0.25) is 9.59 Å². The fourth-order valence-electron chi connectivity index (χ4n) is 3.62. The van der Waals surface area contributed by atoms with Crippen LogP contribution in [-0.4, -0.2) is 11.6 Å². The minimum Gasteiger partial charge on any atom is -0.299 e. The van der Waals surface area contributed by atoms with Crippen molar-refractivity contribution in [3.63, 3.8) is 0 Å². The van der Waals surface area contributed by atoms with Gasteiger partial charge in [-0.2, -0.15) is 13.2 Å². The van der Waals surface area contributed by atoms with Crippen LogP contribution in [-0.2, 0) is 23.8 Å². The molecule has 0 bridgehead atoms. The van der Waals surface area contributed by atoms with Crippen molar-refractivity contribution in [2.24, 2.45) is 0 Å². The summed E-state index contributed by atoms with van der Waals surface area (Å²) in [5.41, 5.74) is -1.47. The molecule has 2 nitrogen and oxygen atoms in total. The van der Waals surface area contributed by atoms with Gasteiger partial charge in [-0.1, -0.05) is 42.5 Å². The van der Waals surface area contributed by atoms with Crippen molar-refractivity contribution in [1.29, 1.82) is 0 Å². The van der Waals surface area contributed by atoms with Crippen LogP contribution in [0.4, 0.5) is 30.7 Å². The lowest BCUT2D eigenvalue weighted by Crippen LogP contribution is -2.19. The maximum absolute atomic E-state index is 14.2. The van der Waals surface area contributed by atoms with E-state index >= 15 is 0 Å². The number of hydrogen-bond acceptors (Lipinski definition) is 2. The summed E-state index contributed by atoms with van der Waals surface area (Å²) in [7, 11) is 0. The minimum atomic E-state index is -5.66. The van der Waals surface area contributed by atoms with E-state index in [0.29, 0.717) is 27.8 Å². The van der Waals surface area contributed by atoms with Crippen molar-refractivity contribution in [2.45, 2.75) is 32.9 Å². The maximum atomic E-state index is 14.2. The maximum Gasteiger partial charge on any atom is 0.422 e. The van der Waals surface area contributed by atoms with Crippen LogP contribution in [0.25, 0.3) is 11.1 Å². The normalized spacial score (nSPS) is 11.6. The molecule has 178 valence electrons. The van der Waals surface area contributed by atoms with Gasteiger partial charge in [-0.15, -0.1) is 0 Å². The summed E-state index contributed by atoms with van der Waals surface area (Å²) >= 11 is 0. The molecule has 3 rings (SSSR count). The third-order valence-electron chi connectivity index (χ3n) is 5.37. The summed E-state index contributed by atoms with van der Waals surface area (Å²) in [5, 5.41) is 0. The van der Waals surface area contributed by atoms with Crippen molar-refractivity contribution in [3.05, 3.63) is 93.6 Å². The van der Waals surface area contributed by atoms with E-state index in [1.807, 2.05) is 0 Å². The first kappa shape index (κ1) is 25.1. The van der Waals surface area contributed by atoms with E-state index in [0.717, 1.165) is 0 Å². The number of rotatable bonds is 6. The number of carbonyl (C=O) groups is 2. The van der Waals surface area contributed by atoms with Gasteiger partial charge in [0, 0.05) is 24.0 Å². The monoisotopic (exact) mass is 482 g/mol. The van der Waals surface area contributed by atoms with Gasteiger partial charge in [0.25, 0.3) is 0 Å². The predicted molar refractivity (Wildman–Crippen MR) is 110 cm³/mol. The quantitative estimate of drug-likeness (QED) is 0.220. The molecule has 9 heteroatoms. The van der Waals surface area contributed by atoms with Gasteiger partial charge in [0.1, 0.15) is 11.3 Å². The van der Waals surface area contributed by atoms with E-state index in [1.165, 1.54) is 6.92 Å². The molecule has 0 radical (unpaired) electrons. The highest BCUT2D eigenvalue weighted by atomic mass is 19.4. The standard InChI is InChI=1S/C25H17F7O2/c1-12-7-8-14(18-6-4-3-5-17(18)13(2)33)9-15(12)10-16(34)11-19-21(26)23(28)20(25(30,31)32)24(29)22(19)27/h3-9H,10-11H2,1-2H3. The van der Waals surface area contributed by atoms with Gasteiger partial charge in [0.15, 0.2) is 29.1 Å². The summed E-state index contributed by atoms with van der Waals surface area (Å²) in [4.78, 5) is 24.4. The minimum absolute atomic E-state index is 0.189. The zero-order valence-electron chi connectivity index (χ0n) is 17.9. The average Bonchev–Trinajstić information content (AvgIpc) is 2.76. The van der Waals surface area contributed by atoms with Gasteiger partial charge in [-0.25, -0.2) is 17.6 Å². The third-order valence-corrected chi connectivity index (χ3v) is 5.37. The van der Waals surface area contributed by atoms with E-state index < -0.39 is 59.2 Å². The first-order valence-electron chi connectivity index (χ1n) is 9.96. The average molecular weight is 482 g/mol. The fraction of sp³-hybridized carbons (Fsp3) is 0.200. The van der Waals surface area contributed by atoms with Gasteiger partial charge in [-0.05, 0) is 36.1 Å². The molecule has 34 heavy (non-hydrogen) atoms. The number of Topliss-reactive ketones (excluding diaryl/α,β-unsaturated/α-hetero) is 2. The summed E-state index contributed by atoms with van der Waals surface area (Å²) in [6.07, 6.45) is -7.23. The van der Waals surface area contributed by atoms with Crippen LogP contribution in [0.3, 0.4) is 0 Å². The highest BCUT2D eigenvalue weighted by Crippen LogP contribution is 2.37. The van der Waals surface area contributed by atoms with Crippen molar-refractivity contribution in [3.8, 4) is 11.1 Å². The molecule has 0 atom stereocenters. The van der Waals surface area contributed by atoms with E-state index in [-0.39, 0.29) is 5.78 Å². The number of benzene rings is 3. The van der Waals surface area contributed by atoms with Crippen LogP contribution >= 0.6 is 0 Å². The fourth-order valence-corrected chi connectivity index (χ4v) is 3.62. The first-order chi connectivity index (χ1) is 15.8. The lowest BCUT2D eigenvalue weighted by Gasteiger charge is -2.14. The van der Waals surface area contributed by atoms with E-state index in [1.54, 1.807) is 49.4 Å². The molecule has 0 fully saturated rings. The highest BCUT2D eigenvalue weighted by Gasteiger charge is 2.42. The molecular weight excluding hydrogens is 465 g/mol. The van der Waals surface area contributed by atoms with Crippen molar-refractivity contribution in [2.75, 3.05) is 0 Å². The number of aryl methyl sites for hydroxylation is 1.